The number of aromatic nitrogens is 3. The third-order valence-corrected chi connectivity index (χ3v) is 5.99. The summed E-state index contributed by atoms with van der Waals surface area (Å²) in [6.07, 6.45) is 3.38. The third kappa shape index (κ3) is 3.87. The summed E-state index contributed by atoms with van der Waals surface area (Å²) in [6.45, 7) is 4.61. The minimum Gasteiger partial charge on any atom is -0.391 e. The van der Waals surface area contributed by atoms with Gasteiger partial charge in [-0.05, 0) is 44.2 Å². The van der Waals surface area contributed by atoms with Crippen molar-refractivity contribution in [3.05, 3.63) is 77.4 Å². The number of pyridine rings is 2. The fourth-order valence-corrected chi connectivity index (χ4v) is 4.34. The second-order valence-corrected chi connectivity index (χ2v) is 8.49. The molecule has 7 heteroatoms. The molecule has 1 amide bonds. The van der Waals surface area contributed by atoms with E-state index in [0.717, 1.165) is 33.5 Å². The monoisotopic (exact) mass is 428 g/mol. The van der Waals surface area contributed by atoms with Crippen LogP contribution in [0.25, 0.3) is 22.2 Å². The number of β-amino-alcohol motifs (C(OH)–C–C–N with tert-alkyl or cyclic N) is 1. The maximum absolute atomic E-state index is 13.6. The lowest BCUT2D eigenvalue weighted by molar-refractivity contribution is 0.0766. The number of aryl methyl sites for hydroxylation is 2. The van der Waals surface area contributed by atoms with Gasteiger partial charge >= 0.3 is 0 Å². The quantitative estimate of drug-likeness (QED) is 0.534. The number of hydrogen-bond donors (Lipinski definition) is 1. The predicted molar refractivity (Wildman–Crippen MR) is 120 cm³/mol. The van der Waals surface area contributed by atoms with Gasteiger partial charge in [0, 0.05) is 54.8 Å². The van der Waals surface area contributed by atoms with Crippen LogP contribution in [0.1, 0.15) is 27.4 Å². The van der Waals surface area contributed by atoms with Gasteiger partial charge in [-0.15, -0.1) is 0 Å². The summed E-state index contributed by atoms with van der Waals surface area (Å²) in [6, 6.07) is 13.4. The van der Waals surface area contributed by atoms with E-state index in [9.17, 15) is 9.90 Å². The molecule has 162 valence electrons. The van der Waals surface area contributed by atoms with E-state index in [-0.39, 0.29) is 18.4 Å². The molecule has 0 spiro atoms. The van der Waals surface area contributed by atoms with Gasteiger partial charge in [-0.25, -0.2) is 4.98 Å². The Morgan fingerprint density at radius 3 is 2.81 bits per heavy atom. The molecule has 7 nitrogen and oxygen atoms in total. The molecule has 2 unspecified atom stereocenters. The number of carbonyl (C=O) groups excluding carboxylic acids is 1. The summed E-state index contributed by atoms with van der Waals surface area (Å²) in [5, 5.41) is 15.4. The Labute approximate surface area is 185 Å². The number of amides is 1. The van der Waals surface area contributed by atoms with Crippen molar-refractivity contribution < 1.29 is 14.4 Å². The smallest absolute Gasteiger partial charge is 0.254 e. The van der Waals surface area contributed by atoms with Gasteiger partial charge in [-0.2, -0.15) is 0 Å². The van der Waals surface area contributed by atoms with Crippen LogP contribution in [0, 0.1) is 19.8 Å². The molecule has 5 rings (SSSR count). The van der Waals surface area contributed by atoms with Gasteiger partial charge in [0.15, 0.2) is 0 Å². The molecule has 1 aliphatic rings. The molecule has 0 saturated carbocycles. The molecule has 1 aromatic carbocycles. The Balaban J connectivity index is 1.49. The highest BCUT2D eigenvalue weighted by molar-refractivity contribution is 6.07. The standard InChI is InChI=1S/C25H24N4O3/c1-15-5-6-22-20(8-15)21(11-23(27-22)17-4-3-7-26-12-17)25(31)29-13-18(24(30)14-29)10-19-9-16(2)28-32-19/h3-9,11-12,18,24,30H,10,13-14H2,1-2H3. The van der Waals surface area contributed by atoms with Crippen LogP contribution in [0.3, 0.4) is 0 Å². The number of benzene rings is 1. The average Bonchev–Trinajstić information content (AvgIpc) is 3.38. The van der Waals surface area contributed by atoms with Gasteiger partial charge in [0.1, 0.15) is 5.76 Å². The van der Waals surface area contributed by atoms with Crippen molar-refractivity contribution in [3.63, 3.8) is 0 Å². The molecule has 4 aromatic rings. The number of fused-ring (bicyclic) bond motifs is 1. The fourth-order valence-electron chi connectivity index (χ4n) is 4.34. The van der Waals surface area contributed by atoms with Crippen molar-refractivity contribution in [2.45, 2.75) is 26.4 Å². The highest BCUT2D eigenvalue weighted by Crippen LogP contribution is 2.29. The van der Waals surface area contributed by atoms with Crippen LogP contribution < -0.4 is 0 Å². The van der Waals surface area contributed by atoms with Crippen LogP contribution in [0.5, 0.6) is 0 Å². The number of carbonyl (C=O) groups is 1. The van der Waals surface area contributed by atoms with E-state index >= 15 is 0 Å². The Morgan fingerprint density at radius 2 is 2.06 bits per heavy atom. The van der Waals surface area contributed by atoms with Crippen LogP contribution in [-0.2, 0) is 6.42 Å². The zero-order valence-corrected chi connectivity index (χ0v) is 18.0. The molecule has 1 aliphatic heterocycles. The van der Waals surface area contributed by atoms with E-state index in [0.29, 0.717) is 24.2 Å². The molecular formula is C25H24N4O3. The lowest BCUT2D eigenvalue weighted by atomic mass is 10.0. The van der Waals surface area contributed by atoms with Crippen LogP contribution in [-0.4, -0.2) is 50.2 Å². The Morgan fingerprint density at radius 1 is 1.19 bits per heavy atom. The predicted octanol–water partition coefficient (Wildman–Crippen LogP) is 3.58. The Bertz CT molecular complexity index is 1290. The normalized spacial score (nSPS) is 18.4. The number of likely N-dealkylation sites (tertiary alicyclic amines) is 1. The van der Waals surface area contributed by atoms with E-state index in [1.54, 1.807) is 17.3 Å². The zero-order chi connectivity index (χ0) is 22.2. The average molecular weight is 428 g/mol. The highest BCUT2D eigenvalue weighted by Gasteiger charge is 2.35. The molecule has 0 bridgehead atoms. The van der Waals surface area contributed by atoms with Crippen molar-refractivity contribution in [2.24, 2.45) is 5.92 Å². The van der Waals surface area contributed by atoms with Crippen LogP contribution in [0.2, 0.25) is 0 Å². The van der Waals surface area contributed by atoms with Crippen molar-refractivity contribution in [3.8, 4) is 11.3 Å². The summed E-state index contributed by atoms with van der Waals surface area (Å²) in [7, 11) is 0. The Kier molecular flexibility index (Phi) is 5.19. The summed E-state index contributed by atoms with van der Waals surface area (Å²) in [4.78, 5) is 24.3. The van der Waals surface area contributed by atoms with Crippen molar-refractivity contribution in [1.82, 2.24) is 20.0 Å². The minimum atomic E-state index is -0.614. The van der Waals surface area contributed by atoms with Gasteiger partial charge in [0.2, 0.25) is 0 Å². The number of aliphatic hydroxyl groups excluding tert-OH is 1. The summed E-state index contributed by atoms with van der Waals surface area (Å²) >= 11 is 0. The fraction of sp³-hybridized carbons (Fsp3) is 0.280. The van der Waals surface area contributed by atoms with Gasteiger partial charge in [-0.1, -0.05) is 16.8 Å². The van der Waals surface area contributed by atoms with E-state index in [1.807, 2.05) is 56.3 Å². The maximum Gasteiger partial charge on any atom is 0.254 e. The van der Waals surface area contributed by atoms with Gasteiger partial charge in [0.25, 0.3) is 5.91 Å². The van der Waals surface area contributed by atoms with E-state index < -0.39 is 6.10 Å². The first kappa shape index (κ1) is 20.3. The lowest BCUT2D eigenvalue weighted by Crippen LogP contribution is -2.30. The summed E-state index contributed by atoms with van der Waals surface area (Å²) in [5.74, 6) is 0.520. The molecule has 1 N–H and O–H groups in total. The zero-order valence-electron chi connectivity index (χ0n) is 18.0. The first-order valence-electron chi connectivity index (χ1n) is 10.7. The van der Waals surface area contributed by atoms with Crippen LogP contribution >= 0.6 is 0 Å². The van der Waals surface area contributed by atoms with E-state index in [2.05, 4.69) is 10.1 Å². The molecule has 1 fully saturated rings. The largest absolute Gasteiger partial charge is 0.391 e. The number of rotatable bonds is 4. The maximum atomic E-state index is 13.6. The van der Waals surface area contributed by atoms with Crippen molar-refractivity contribution >= 4 is 16.8 Å². The van der Waals surface area contributed by atoms with Gasteiger partial charge < -0.3 is 14.5 Å². The highest BCUT2D eigenvalue weighted by atomic mass is 16.5. The number of aliphatic hydroxyl groups is 1. The van der Waals surface area contributed by atoms with Crippen LogP contribution in [0.15, 0.2) is 59.4 Å². The second-order valence-electron chi connectivity index (χ2n) is 8.49. The number of hydrogen-bond acceptors (Lipinski definition) is 6. The molecule has 2 atom stereocenters. The van der Waals surface area contributed by atoms with E-state index in [1.165, 1.54) is 0 Å². The molecule has 1 saturated heterocycles. The number of nitrogens with zero attached hydrogens (tertiary/aromatic N) is 4. The van der Waals surface area contributed by atoms with Gasteiger partial charge in [-0.3, -0.25) is 9.78 Å². The topological polar surface area (TPSA) is 92.4 Å². The SMILES string of the molecule is Cc1ccc2nc(-c3cccnc3)cc(C(=O)N3CC(O)C(Cc4cc(C)no4)C3)c2c1. The lowest BCUT2D eigenvalue weighted by Gasteiger charge is -2.18. The molecule has 3 aromatic heterocycles. The third-order valence-electron chi connectivity index (χ3n) is 5.99. The van der Waals surface area contributed by atoms with Gasteiger partial charge in [0.05, 0.1) is 28.6 Å². The minimum absolute atomic E-state index is 0.0982. The molecular weight excluding hydrogens is 404 g/mol. The molecule has 0 radical (unpaired) electrons. The van der Waals surface area contributed by atoms with Crippen molar-refractivity contribution in [1.29, 1.82) is 0 Å². The first-order valence-corrected chi connectivity index (χ1v) is 10.7. The first-order chi connectivity index (χ1) is 15.5. The van der Waals surface area contributed by atoms with Crippen molar-refractivity contribution in [2.75, 3.05) is 13.1 Å². The van der Waals surface area contributed by atoms with Crippen LogP contribution in [0.4, 0.5) is 0 Å². The second kappa shape index (κ2) is 8.16. The molecule has 32 heavy (non-hydrogen) atoms. The Hall–Kier alpha value is -3.58. The summed E-state index contributed by atoms with van der Waals surface area (Å²) in [5.41, 5.74) is 4.76. The summed E-state index contributed by atoms with van der Waals surface area (Å²) < 4.78 is 5.31. The molecule has 4 heterocycles. The van der Waals surface area contributed by atoms with E-state index in [4.69, 9.17) is 9.51 Å². The molecule has 0 aliphatic carbocycles.